The first-order valence-electron chi connectivity index (χ1n) is 5.79. The van der Waals surface area contributed by atoms with E-state index in [0.717, 1.165) is 12.8 Å². The van der Waals surface area contributed by atoms with Crippen molar-refractivity contribution in [2.45, 2.75) is 43.3 Å². The summed E-state index contributed by atoms with van der Waals surface area (Å²) in [6, 6.07) is 0.177. The fourth-order valence-electron chi connectivity index (χ4n) is 3.59. The number of carbonyl (C=O) groups excluding carboxylic acids is 1. The van der Waals surface area contributed by atoms with Gasteiger partial charge in [0.15, 0.2) is 0 Å². The van der Waals surface area contributed by atoms with Crippen molar-refractivity contribution in [1.29, 1.82) is 0 Å². The van der Waals surface area contributed by atoms with Gasteiger partial charge in [0.25, 0.3) is 0 Å². The van der Waals surface area contributed by atoms with Crippen LogP contribution in [0.5, 0.6) is 0 Å². The van der Waals surface area contributed by atoms with E-state index < -0.39 is 9.75 Å². The van der Waals surface area contributed by atoms with Crippen LogP contribution in [0.4, 0.5) is 0 Å². The largest absolute Gasteiger partial charge is 0.356 e. The van der Waals surface area contributed by atoms with Crippen LogP contribution in [0.3, 0.4) is 0 Å². The van der Waals surface area contributed by atoms with Gasteiger partial charge in [0.05, 0.1) is 18.1 Å². The highest BCUT2D eigenvalue weighted by molar-refractivity contribution is 6.53. The maximum Gasteiger partial charge on any atom is 0.234 e. The number of fused-ring (bicyclic) bond motifs is 1. The Morgan fingerprint density at radius 2 is 2.25 bits per heavy atom. The molecule has 3 rings (SSSR count). The lowest BCUT2D eigenvalue weighted by atomic mass is 9.98. The highest BCUT2D eigenvalue weighted by Gasteiger charge is 2.83. The zero-order valence-corrected chi connectivity index (χ0v) is 10.9. The van der Waals surface area contributed by atoms with Gasteiger partial charge in [-0.3, -0.25) is 4.79 Å². The van der Waals surface area contributed by atoms with Crippen LogP contribution >= 0.6 is 23.2 Å². The van der Waals surface area contributed by atoms with Crippen LogP contribution in [0.1, 0.15) is 26.7 Å². The minimum atomic E-state index is -0.858. The van der Waals surface area contributed by atoms with E-state index in [-0.39, 0.29) is 24.1 Å². The normalized spacial score (nSPS) is 48.9. The first-order valence-corrected chi connectivity index (χ1v) is 6.54. The van der Waals surface area contributed by atoms with E-state index in [1.165, 1.54) is 0 Å². The molecule has 0 aromatic carbocycles. The lowest BCUT2D eigenvalue weighted by Gasteiger charge is -2.19. The number of ether oxygens (including phenoxy) is 1. The van der Waals surface area contributed by atoms with Gasteiger partial charge in [-0.1, -0.05) is 6.92 Å². The molecular formula is C11H15Cl2NO2. The van der Waals surface area contributed by atoms with Gasteiger partial charge in [-0.2, -0.15) is 0 Å². The molecular weight excluding hydrogens is 249 g/mol. The molecule has 0 radical (unpaired) electrons. The Bertz CT molecular complexity index is 360. The molecule has 1 amide bonds. The molecule has 1 saturated carbocycles. The zero-order valence-electron chi connectivity index (χ0n) is 9.37. The molecule has 1 aliphatic carbocycles. The van der Waals surface area contributed by atoms with E-state index in [1.54, 1.807) is 0 Å². The van der Waals surface area contributed by atoms with Gasteiger partial charge >= 0.3 is 0 Å². The first kappa shape index (κ1) is 11.1. The molecule has 0 bridgehead atoms. The summed E-state index contributed by atoms with van der Waals surface area (Å²) in [7, 11) is 0. The average Bonchev–Trinajstić information content (AvgIpc) is 2.51. The summed E-state index contributed by atoms with van der Waals surface area (Å²) in [6.45, 7) is 4.56. The van der Waals surface area contributed by atoms with Crippen molar-refractivity contribution >= 4 is 29.1 Å². The topological polar surface area (TPSA) is 29.5 Å². The molecule has 0 aromatic rings. The number of halogens is 2. The highest BCUT2D eigenvalue weighted by Crippen LogP contribution is 2.75. The Labute approximate surface area is 105 Å². The molecule has 2 saturated heterocycles. The van der Waals surface area contributed by atoms with Crippen molar-refractivity contribution in [3.8, 4) is 0 Å². The molecule has 16 heavy (non-hydrogen) atoms. The van der Waals surface area contributed by atoms with Gasteiger partial charge in [-0.05, 0) is 19.8 Å². The van der Waals surface area contributed by atoms with Crippen LogP contribution in [0, 0.1) is 11.3 Å². The molecule has 2 unspecified atom stereocenters. The van der Waals surface area contributed by atoms with Crippen molar-refractivity contribution in [2.75, 3.05) is 6.61 Å². The minimum absolute atomic E-state index is 0.0966. The number of alkyl halides is 2. The molecule has 4 atom stereocenters. The van der Waals surface area contributed by atoms with Crippen LogP contribution in [-0.4, -0.2) is 34.0 Å². The quantitative estimate of drug-likeness (QED) is 0.679. The van der Waals surface area contributed by atoms with Gasteiger partial charge in [-0.15, -0.1) is 23.2 Å². The highest BCUT2D eigenvalue weighted by atomic mass is 35.5. The Morgan fingerprint density at radius 1 is 1.56 bits per heavy atom. The van der Waals surface area contributed by atoms with Crippen LogP contribution in [0.2, 0.25) is 0 Å². The van der Waals surface area contributed by atoms with Crippen molar-refractivity contribution in [3.63, 3.8) is 0 Å². The molecule has 2 aliphatic heterocycles. The van der Waals surface area contributed by atoms with Gasteiger partial charge in [-0.25, -0.2) is 0 Å². The van der Waals surface area contributed by atoms with E-state index in [2.05, 4.69) is 0 Å². The summed E-state index contributed by atoms with van der Waals surface area (Å²) in [4.78, 5) is 14.3. The molecule has 90 valence electrons. The second-order valence-electron chi connectivity index (χ2n) is 5.06. The number of nitrogens with zero attached hydrogens (tertiary/aromatic N) is 1. The lowest BCUT2D eigenvalue weighted by molar-refractivity contribution is -0.137. The Balaban J connectivity index is 1.95. The standard InChI is InChI=1S/C11H15Cl2NO2/c1-3-8-10(11(8,12)13)4-7-5-16-6(2)14(7)9(10)15/h6-8H,3-5H2,1-2H3/t6-,7?,8+,10?/m1/s1. The number of rotatable bonds is 1. The summed E-state index contributed by atoms with van der Waals surface area (Å²) in [5, 5.41) is 0. The van der Waals surface area contributed by atoms with Gasteiger partial charge in [0.2, 0.25) is 5.91 Å². The maximum atomic E-state index is 12.4. The minimum Gasteiger partial charge on any atom is -0.356 e. The van der Waals surface area contributed by atoms with Crippen LogP contribution in [0.25, 0.3) is 0 Å². The second kappa shape index (κ2) is 3.06. The predicted octanol–water partition coefficient (Wildman–Crippen LogP) is 2.16. The summed E-state index contributed by atoms with van der Waals surface area (Å²) in [5.41, 5.74) is -0.520. The van der Waals surface area contributed by atoms with E-state index >= 15 is 0 Å². The van der Waals surface area contributed by atoms with Crippen molar-refractivity contribution < 1.29 is 9.53 Å². The second-order valence-corrected chi connectivity index (χ2v) is 6.44. The summed E-state index contributed by atoms with van der Waals surface area (Å²) >= 11 is 12.6. The number of hydrogen-bond acceptors (Lipinski definition) is 2. The van der Waals surface area contributed by atoms with Gasteiger partial charge in [0.1, 0.15) is 10.6 Å². The third-order valence-corrected chi connectivity index (χ3v) is 5.64. The molecule has 0 aromatic heterocycles. The SMILES string of the molecule is CC[C@@H]1C(Cl)(Cl)C12CC1CO[C@H](C)N1C2=O. The van der Waals surface area contributed by atoms with Crippen LogP contribution < -0.4 is 0 Å². The smallest absolute Gasteiger partial charge is 0.234 e. The Morgan fingerprint density at radius 3 is 2.75 bits per heavy atom. The van der Waals surface area contributed by atoms with E-state index in [0.29, 0.717) is 6.61 Å². The molecule has 3 fully saturated rings. The van der Waals surface area contributed by atoms with E-state index in [4.69, 9.17) is 27.9 Å². The molecule has 5 heteroatoms. The third kappa shape index (κ3) is 0.987. The number of hydrogen-bond donors (Lipinski definition) is 0. The number of carbonyl (C=O) groups is 1. The fraction of sp³-hybridized carbons (Fsp3) is 0.909. The maximum absolute atomic E-state index is 12.4. The summed E-state index contributed by atoms with van der Waals surface area (Å²) < 4.78 is 4.61. The predicted molar refractivity (Wildman–Crippen MR) is 61.3 cm³/mol. The van der Waals surface area contributed by atoms with Crippen molar-refractivity contribution in [3.05, 3.63) is 0 Å². The van der Waals surface area contributed by atoms with Crippen LogP contribution in [-0.2, 0) is 9.53 Å². The molecule has 1 spiro atoms. The third-order valence-electron chi connectivity index (χ3n) is 4.44. The zero-order chi connectivity index (χ0) is 11.7. The van der Waals surface area contributed by atoms with Crippen molar-refractivity contribution in [2.24, 2.45) is 11.3 Å². The Kier molecular flexibility index (Phi) is 2.13. The summed E-state index contributed by atoms with van der Waals surface area (Å²) in [6.07, 6.45) is 1.48. The number of amides is 1. The van der Waals surface area contributed by atoms with E-state index in [1.807, 2.05) is 18.7 Å². The lowest BCUT2D eigenvalue weighted by Crippen LogP contribution is -2.36. The van der Waals surface area contributed by atoms with Gasteiger partial charge in [0, 0.05) is 5.92 Å². The van der Waals surface area contributed by atoms with Gasteiger partial charge < -0.3 is 9.64 Å². The van der Waals surface area contributed by atoms with E-state index in [9.17, 15) is 4.79 Å². The summed E-state index contributed by atoms with van der Waals surface area (Å²) in [5.74, 6) is 0.202. The molecule has 3 nitrogen and oxygen atoms in total. The molecule has 0 N–H and O–H groups in total. The average molecular weight is 264 g/mol. The Hall–Kier alpha value is 0.01000. The molecule has 2 heterocycles. The fourth-order valence-corrected chi connectivity index (χ4v) is 4.74. The first-order chi connectivity index (χ1) is 7.46. The van der Waals surface area contributed by atoms with Crippen LogP contribution in [0.15, 0.2) is 0 Å². The monoisotopic (exact) mass is 263 g/mol. The van der Waals surface area contributed by atoms with Crippen molar-refractivity contribution in [1.82, 2.24) is 4.90 Å². The molecule has 3 aliphatic rings.